The molecule has 5 atom stereocenters. The maximum atomic E-state index is 11.6. The van der Waals surface area contributed by atoms with E-state index in [4.69, 9.17) is 23.7 Å². The number of thiophene rings is 1. The lowest BCUT2D eigenvalue weighted by Crippen LogP contribution is -2.60. The summed E-state index contributed by atoms with van der Waals surface area (Å²) in [5.41, 5.74) is 0. The predicted molar refractivity (Wildman–Crippen MR) is 92.1 cm³/mol. The van der Waals surface area contributed by atoms with Crippen LogP contribution in [0.25, 0.3) is 0 Å². The number of hydrogen-bond donors (Lipinski definition) is 0. The Labute approximate surface area is 159 Å². The number of carbonyl (C=O) groups excluding carboxylic acids is 3. The van der Waals surface area contributed by atoms with Gasteiger partial charge in [-0.05, 0) is 11.4 Å². The first-order valence-corrected chi connectivity index (χ1v) is 9.14. The largest absolute Gasteiger partial charge is 0.464 e. The SMILES string of the molecule is CC(=O)OC[C@H]1O[C@@H]2N=C(c3cccs3)O[C@@H]2[C@@H](OC(C)=O)[C@H]1OC(C)=O. The van der Waals surface area contributed by atoms with Gasteiger partial charge in [0, 0.05) is 20.8 Å². The molecule has 1 aromatic heterocycles. The standard InChI is InChI=1S/C17H19NO8S/c1-8(19)22-7-11-13(23-9(2)20)14(24-10(3)21)15-17(25-11)18-16(26-15)12-5-4-6-27-12/h4-6,11,13-15,17H,7H2,1-3H3/t11-,13+,14+,15-,17+/m1/s1. The monoisotopic (exact) mass is 397 g/mol. The summed E-state index contributed by atoms with van der Waals surface area (Å²) in [6.07, 6.45) is -4.42. The molecule has 0 saturated carbocycles. The summed E-state index contributed by atoms with van der Waals surface area (Å²) in [6.45, 7) is 3.54. The molecule has 0 aromatic carbocycles. The molecule has 0 unspecified atom stereocenters. The molecule has 1 saturated heterocycles. The quantitative estimate of drug-likeness (QED) is 0.536. The predicted octanol–water partition coefficient (Wildman–Crippen LogP) is 1.04. The van der Waals surface area contributed by atoms with Crippen molar-refractivity contribution in [3.8, 4) is 0 Å². The van der Waals surface area contributed by atoms with E-state index in [2.05, 4.69) is 4.99 Å². The molecule has 2 aliphatic heterocycles. The maximum Gasteiger partial charge on any atom is 0.303 e. The first-order valence-electron chi connectivity index (χ1n) is 8.26. The van der Waals surface area contributed by atoms with Gasteiger partial charge in [-0.2, -0.15) is 0 Å². The highest BCUT2D eigenvalue weighted by atomic mass is 32.1. The van der Waals surface area contributed by atoms with Crippen molar-refractivity contribution in [1.82, 2.24) is 0 Å². The molecule has 0 aliphatic carbocycles. The van der Waals surface area contributed by atoms with Crippen molar-refractivity contribution < 1.29 is 38.1 Å². The molecular formula is C17H19NO8S. The number of esters is 3. The second-order valence-electron chi connectivity index (χ2n) is 6.01. The zero-order valence-corrected chi connectivity index (χ0v) is 15.8. The number of rotatable bonds is 5. The van der Waals surface area contributed by atoms with E-state index in [-0.39, 0.29) is 6.61 Å². The lowest BCUT2D eigenvalue weighted by molar-refractivity contribution is -0.236. The summed E-state index contributed by atoms with van der Waals surface area (Å²) >= 11 is 1.43. The van der Waals surface area contributed by atoms with Gasteiger partial charge in [-0.1, -0.05) is 6.07 Å². The molecule has 1 aromatic rings. The number of fused-ring (bicyclic) bond motifs is 1. The average molecular weight is 397 g/mol. The van der Waals surface area contributed by atoms with Crippen molar-refractivity contribution >= 4 is 35.1 Å². The maximum absolute atomic E-state index is 11.6. The minimum atomic E-state index is -1.01. The Morgan fingerprint density at radius 1 is 1.11 bits per heavy atom. The van der Waals surface area contributed by atoms with Crippen LogP contribution >= 0.6 is 11.3 Å². The molecule has 3 heterocycles. The fourth-order valence-corrected chi connectivity index (χ4v) is 3.58. The minimum absolute atomic E-state index is 0.182. The molecule has 3 rings (SSSR count). The van der Waals surface area contributed by atoms with Gasteiger partial charge in [-0.15, -0.1) is 11.3 Å². The van der Waals surface area contributed by atoms with Gasteiger partial charge in [-0.25, -0.2) is 4.99 Å². The summed E-state index contributed by atoms with van der Waals surface area (Å²) in [6, 6.07) is 3.69. The first-order chi connectivity index (χ1) is 12.8. The zero-order valence-electron chi connectivity index (χ0n) is 14.9. The molecule has 9 nitrogen and oxygen atoms in total. The van der Waals surface area contributed by atoms with Crippen LogP contribution in [0, 0.1) is 0 Å². The van der Waals surface area contributed by atoms with E-state index in [1.54, 1.807) is 0 Å². The number of hydrogen-bond acceptors (Lipinski definition) is 10. The topological polar surface area (TPSA) is 110 Å². The van der Waals surface area contributed by atoms with Crippen LogP contribution < -0.4 is 0 Å². The van der Waals surface area contributed by atoms with Gasteiger partial charge in [0.15, 0.2) is 24.5 Å². The molecule has 0 N–H and O–H groups in total. The van der Waals surface area contributed by atoms with E-state index >= 15 is 0 Å². The van der Waals surface area contributed by atoms with Crippen molar-refractivity contribution in [2.45, 2.75) is 51.4 Å². The number of ether oxygens (including phenoxy) is 5. The summed E-state index contributed by atoms with van der Waals surface area (Å²) in [5.74, 6) is -1.33. The van der Waals surface area contributed by atoms with E-state index in [1.165, 1.54) is 32.1 Å². The van der Waals surface area contributed by atoms with Crippen molar-refractivity contribution in [1.29, 1.82) is 0 Å². The van der Waals surface area contributed by atoms with Crippen LogP contribution in [-0.4, -0.2) is 61.1 Å². The Morgan fingerprint density at radius 2 is 1.81 bits per heavy atom. The average Bonchev–Trinajstić information content (AvgIpc) is 3.23. The molecular weight excluding hydrogens is 378 g/mol. The molecule has 0 radical (unpaired) electrons. The van der Waals surface area contributed by atoms with Gasteiger partial charge < -0.3 is 23.7 Å². The Kier molecular flexibility index (Phi) is 5.76. The van der Waals surface area contributed by atoms with E-state index in [0.29, 0.717) is 5.90 Å². The molecule has 0 amide bonds. The smallest absolute Gasteiger partial charge is 0.303 e. The Hall–Kier alpha value is -2.46. The highest BCUT2D eigenvalue weighted by molar-refractivity contribution is 7.12. The van der Waals surface area contributed by atoms with Crippen molar-refractivity contribution in [3.05, 3.63) is 22.4 Å². The zero-order chi connectivity index (χ0) is 19.6. The lowest BCUT2D eigenvalue weighted by atomic mass is 9.98. The van der Waals surface area contributed by atoms with Gasteiger partial charge in [0.05, 0.1) is 4.88 Å². The minimum Gasteiger partial charge on any atom is -0.464 e. The van der Waals surface area contributed by atoms with Gasteiger partial charge >= 0.3 is 17.9 Å². The molecule has 27 heavy (non-hydrogen) atoms. The van der Waals surface area contributed by atoms with Crippen LogP contribution in [-0.2, 0) is 38.1 Å². The van der Waals surface area contributed by atoms with Gasteiger partial charge in [0.2, 0.25) is 5.90 Å². The molecule has 0 spiro atoms. The number of carbonyl (C=O) groups is 3. The van der Waals surface area contributed by atoms with Crippen molar-refractivity contribution in [3.63, 3.8) is 0 Å². The van der Waals surface area contributed by atoms with E-state index < -0.39 is 48.6 Å². The molecule has 146 valence electrons. The van der Waals surface area contributed by atoms with Crippen LogP contribution in [0.3, 0.4) is 0 Å². The van der Waals surface area contributed by atoms with Gasteiger partial charge in [0.1, 0.15) is 12.7 Å². The Balaban J connectivity index is 1.88. The fraction of sp³-hybridized carbons (Fsp3) is 0.529. The Morgan fingerprint density at radius 3 is 2.41 bits per heavy atom. The van der Waals surface area contributed by atoms with Crippen LogP contribution in [0.1, 0.15) is 25.6 Å². The van der Waals surface area contributed by atoms with Gasteiger partial charge in [0.25, 0.3) is 0 Å². The van der Waals surface area contributed by atoms with E-state index in [9.17, 15) is 14.4 Å². The summed E-state index contributed by atoms with van der Waals surface area (Å²) in [5, 5.41) is 1.87. The highest BCUT2D eigenvalue weighted by Gasteiger charge is 2.54. The van der Waals surface area contributed by atoms with Crippen LogP contribution in [0.5, 0.6) is 0 Å². The van der Waals surface area contributed by atoms with Crippen LogP contribution in [0.2, 0.25) is 0 Å². The fourth-order valence-electron chi connectivity index (χ4n) is 2.91. The molecule has 0 bridgehead atoms. The van der Waals surface area contributed by atoms with Crippen LogP contribution in [0.15, 0.2) is 22.5 Å². The molecule has 1 fully saturated rings. The second-order valence-corrected chi connectivity index (χ2v) is 6.96. The van der Waals surface area contributed by atoms with E-state index in [1.807, 2.05) is 17.5 Å². The third kappa shape index (κ3) is 4.45. The lowest BCUT2D eigenvalue weighted by Gasteiger charge is -2.40. The highest BCUT2D eigenvalue weighted by Crippen LogP contribution is 2.34. The number of aliphatic imine (C=N–C) groups is 1. The normalized spacial score (nSPS) is 29.1. The summed E-state index contributed by atoms with van der Waals surface area (Å²) in [7, 11) is 0. The van der Waals surface area contributed by atoms with Gasteiger partial charge in [-0.3, -0.25) is 14.4 Å². The molecule has 2 aliphatic rings. The number of nitrogens with zero attached hydrogens (tertiary/aromatic N) is 1. The third-order valence-corrected chi connectivity index (χ3v) is 4.75. The van der Waals surface area contributed by atoms with E-state index in [0.717, 1.165) is 4.88 Å². The summed E-state index contributed by atoms with van der Waals surface area (Å²) < 4.78 is 27.5. The Bertz CT molecular complexity index is 746. The van der Waals surface area contributed by atoms with Crippen molar-refractivity contribution in [2.24, 2.45) is 4.99 Å². The first kappa shape index (κ1) is 19.3. The van der Waals surface area contributed by atoms with Crippen LogP contribution in [0.4, 0.5) is 0 Å². The second kappa shape index (κ2) is 8.05. The van der Waals surface area contributed by atoms with Crippen molar-refractivity contribution in [2.75, 3.05) is 6.61 Å². The third-order valence-electron chi connectivity index (χ3n) is 3.89. The molecule has 10 heteroatoms. The summed E-state index contributed by atoms with van der Waals surface area (Å²) in [4.78, 5) is 39.6.